The van der Waals surface area contributed by atoms with Gasteiger partial charge in [0.15, 0.2) is 5.78 Å². The minimum Gasteiger partial charge on any atom is -0.481 e. The van der Waals surface area contributed by atoms with Gasteiger partial charge in [-0.15, -0.1) is 0 Å². The predicted molar refractivity (Wildman–Crippen MR) is 200 cm³/mol. The number of Topliss-reactive ketones (excluding diaryl/α,β-unsaturated/α-hetero) is 1. The Bertz CT molecular complexity index is 1490. The summed E-state index contributed by atoms with van der Waals surface area (Å²) in [4.78, 5) is 32.4. The lowest BCUT2D eigenvalue weighted by molar-refractivity contribution is -0.125. The van der Waals surface area contributed by atoms with Crippen molar-refractivity contribution in [2.75, 3.05) is 14.2 Å². The standard InChI is InChI=1S/C22H28BrNO2Si.C7H7Br2NO.C7H10O/c1-15-10-12-20(25)17(14-19-18(23)11-13-21(24-19)26-2)22(15)27(3,4)16-8-6-5-7-9-16;1-11-7-3-2-5(9)6(4-8)10-7;1-6-2-4-7(8)5-3-6/h5-9,11,13,15,17,22H,10,12,14H2,1-4H3;2-3H,4H2,1H3;2,4,6H,3,5H2,1H3/t15-,17+,22+;;6-/m1.0/s1. The molecule has 5 rings (SSSR count). The number of ether oxygens (including phenoxy) is 2. The van der Waals surface area contributed by atoms with Crippen LogP contribution in [0.4, 0.5) is 0 Å². The Balaban J connectivity index is 0.000000246. The minimum atomic E-state index is -1.83. The van der Waals surface area contributed by atoms with Gasteiger partial charge in [-0.05, 0) is 80.3 Å². The summed E-state index contributed by atoms with van der Waals surface area (Å²) in [5.74, 6) is 3.09. The molecule has 46 heavy (non-hydrogen) atoms. The molecule has 1 fully saturated rings. The molecule has 0 spiro atoms. The normalized spacial score (nSPS) is 21.0. The number of hydrogen-bond donors (Lipinski definition) is 0. The molecule has 1 saturated carbocycles. The molecular formula is C36H45Br3N2O4Si. The van der Waals surface area contributed by atoms with Crippen LogP contribution in [0.2, 0.25) is 18.6 Å². The maximum atomic E-state index is 13.0. The number of nitrogens with zero attached hydrogens (tertiary/aromatic N) is 2. The van der Waals surface area contributed by atoms with Crippen molar-refractivity contribution in [3.63, 3.8) is 0 Å². The third-order valence-corrected chi connectivity index (χ3v) is 15.3. The molecule has 0 bridgehead atoms. The van der Waals surface area contributed by atoms with Gasteiger partial charge >= 0.3 is 0 Å². The zero-order valence-electron chi connectivity index (χ0n) is 27.6. The highest BCUT2D eigenvalue weighted by molar-refractivity contribution is 9.11. The summed E-state index contributed by atoms with van der Waals surface area (Å²) in [6, 6.07) is 18.3. The molecule has 0 aliphatic heterocycles. The van der Waals surface area contributed by atoms with E-state index in [9.17, 15) is 9.59 Å². The number of alkyl halides is 1. The fraction of sp³-hybridized carbons (Fsp3) is 0.444. The van der Waals surface area contributed by atoms with Crippen LogP contribution in [-0.2, 0) is 21.3 Å². The molecule has 0 amide bonds. The summed E-state index contributed by atoms with van der Waals surface area (Å²) < 4.78 is 12.2. The summed E-state index contributed by atoms with van der Waals surface area (Å²) in [5.41, 5.74) is 2.27. The zero-order valence-corrected chi connectivity index (χ0v) is 33.3. The second kappa shape index (κ2) is 18.4. The van der Waals surface area contributed by atoms with Crippen LogP contribution in [0.5, 0.6) is 11.8 Å². The zero-order chi connectivity index (χ0) is 33.9. The Hall–Kier alpha value is -2.14. The molecule has 4 atom stereocenters. The van der Waals surface area contributed by atoms with Crippen molar-refractivity contribution in [2.24, 2.45) is 17.8 Å². The van der Waals surface area contributed by atoms with Crippen molar-refractivity contribution in [1.82, 2.24) is 9.97 Å². The number of allylic oxidation sites excluding steroid dienone is 2. The minimum absolute atomic E-state index is 0.0199. The molecule has 0 unspecified atom stereocenters. The highest BCUT2D eigenvalue weighted by atomic mass is 79.9. The Labute approximate surface area is 300 Å². The summed E-state index contributed by atoms with van der Waals surface area (Å²) >= 11 is 10.3. The first kappa shape index (κ1) is 38.3. The second-order valence-corrected chi connectivity index (χ2v) is 19.4. The summed E-state index contributed by atoms with van der Waals surface area (Å²) in [6.45, 7) is 9.30. The van der Waals surface area contributed by atoms with Crippen molar-refractivity contribution >= 4 is 72.6 Å². The summed E-state index contributed by atoms with van der Waals surface area (Å²) in [6.07, 6.45) is 7.81. The maximum Gasteiger partial charge on any atom is 0.213 e. The van der Waals surface area contributed by atoms with E-state index in [1.807, 2.05) is 30.3 Å². The molecule has 1 aromatic carbocycles. The van der Waals surface area contributed by atoms with E-state index in [1.165, 1.54) is 5.19 Å². The average Bonchev–Trinajstić information content (AvgIpc) is 3.06. The Morgan fingerprint density at radius 3 is 1.93 bits per heavy atom. The van der Waals surface area contributed by atoms with Gasteiger partial charge in [0.1, 0.15) is 5.78 Å². The number of carbonyl (C=O) groups excluding carboxylic acids is 2. The smallest absolute Gasteiger partial charge is 0.213 e. The molecule has 6 nitrogen and oxygen atoms in total. The molecule has 2 aliphatic carbocycles. The number of rotatable bonds is 7. The molecular weight excluding hydrogens is 792 g/mol. The predicted octanol–water partition coefficient (Wildman–Crippen LogP) is 9.29. The van der Waals surface area contributed by atoms with Crippen LogP contribution < -0.4 is 14.7 Å². The van der Waals surface area contributed by atoms with Gasteiger partial charge in [0.05, 0.1) is 33.7 Å². The summed E-state index contributed by atoms with van der Waals surface area (Å²) in [5, 5.41) is 2.16. The van der Waals surface area contributed by atoms with Gasteiger partial charge in [0.2, 0.25) is 11.8 Å². The third kappa shape index (κ3) is 10.7. The molecule has 2 heterocycles. The van der Waals surface area contributed by atoms with E-state index < -0.39 is 8.07 Å². The SMILES string of the molecule is COc1ccc(Br)c(CBr)n1.COc1ccc(Br)c(C[C@H]2C(=O)CC[C@@H](C)[C@@H]2[Si](C)(C)c2ccccc2)n1.C[C@H]1C=CC(=O)CC1. The number of benzene rings is 1. The van der Waals surface area contributed by atoms with E-state index in [0.29, 0.717) is 47.8 Å². The van der Waals surface area contributed by atoms with Gasteiger partial charge in [-0.2, -0.15) is 0 Å². The number of carbonyl (C=O) groups is 2. The number of pyridine rings is 2. The average molecular weight is 838 g/mol. The fourth-order valence-electron chi connectivity index (χ4n) is 6.27. The largest absolute Gasteiger partial charge is 0.481 e. The van der Waals surface area contributed by atoms with Crippen LogP contribution in [0.25, 0.3) is 0 Å². The number of ketones is 2. The van der Waals surface area contributed by atoms with E-state index >= 15 is 0 Å². The molecule has 0 saturated heterocycles. The monoisotopic (exact) mass is 834 g/mol. The van der Waals surface area contributed by atoms with Gasteiger partial charge in [-0.25, -0.2) is 9.97 Å². The van der Waals surface area contributed by atoms with Gasteiger partial charge in [-0.1, -0.05) is 84.5 Å². The quantitative estimate of drug-likeness (QED) is 0.175. The Morgan fingerprint density at radius 1 is 0.826 bits per heavy atom. The molecule has 0 N–H and O–H groups in total. The van der Waals surface area contributed by atoms with E-state index in [1.54, 1.807) is 20.3 Å². The van der Waals surface area contributed by atoms with E-state index in [2.05, 4.69) is 115 Å². The van der Waals surface area contributed by atoms with Gasteiger partial charge in [0, 0.05) is 51.6 Å². The number of halogens is 3. The van der Waals surface area contributed by atoms with Crippen LogP contribution in [0.3, 0.4) is 0 Å². The lowest BCUT2D eigenvalue weighted by Gasteiger charge is -2.44. The van der Waals surface area contributed by atoms with Crippen LogP contribution in [0.15, 0.2) is 75.7 Å². The molecule has 3 aromatic rings. The van der Waals surface area contributed by atoms with Crippen LogP contribution >= 0.6 is 47.8 Å². The van der Waals surface area contributed by atoms with Crippen molar-refractivity contribution in [3.8, 4) is 11.8 Å². The molecule has 2 aliphatic rings. The fourth-order valence-corrected chi connectivity index (χ4v) is 12.2. The van der Waals surface area contributed by atoms with E-state index in [0.717, 1.165) is 44.9 Å². The molecule has 2 aromatic heterocycles. The van der Waals surface area contributed by atoms with Crippen molar-refractivity contribution in [2.45, 2.75) is 69.9 Å². The second-order valence-electron chi connectivity index (χ2n) is 12.4. The maximum absolute atomic E-state index is 13.0. The highest BCUT2D eigenvalue weighted by Gasteiger charge is 2.47. The van der Waals surface area contributed by atoms with Crippen LogP contribution in [-0.4, -0.2) is 43.8 Å². The van der Waals surface area contributed by atoms with E-state index in [4.69, 9.17) is 9.47 Å². The highest BCUT2D eigenvalue weighted by Crippen LogP contribution is 2.45. The third-order valence-electron chi connectivity index (χ3n) is 8.86. The van der Waals surface area contributed by atoms with Crippen molar-refractivity contribution in [1.29, 1.82) is 0 Å². The number of aromatic nitrogens is 2. The van der Waals surface area contributed by atoms with Gasteiger partial charge in [-0.3, -0.25) is 9.59 Å². The van der Waals surface area contributed by atoms with Crippen molar-refractivity contribution < 1.29 is 19.1 Å². The van der Waals surface area contributed by atoms with Crippen LogP contribution in [0.1, 0.15) is 50.9 Å². The van der Waals surface area contributed by atoms with Crippen LogP contribution in [0, 0.1) is 17.8 Å². The molecule has 10 heteroatoms. The first-order valence-electron chi connectivity index (χ1n) is 15.6. The number of hydrogen-bond acceptors (Lipinski definition) is 6. The topological polar surface area (TPSA) is 78.4 Å². The lowest BCUT2D eigenvalue weighted by atomic mass is 9.78. The Morgan fingerprint density at radius 2 is 1.41 bits per heavy atom. The summed E-state index contributed by atoms with van der Waals surface area (Å²) in [7, 11) is 1.40. The molecule has 0 radical (unpaired) electrons. The first-order chi connectivity index (χ1) is 21.9. The lowest BCUT2D eigenvalue weighted by Crippen LogP contribution is -2.53. The number of methoxy groups -OCH3 is 2. The Kier molecular flexibility index (Phi) is 15.3. The van der Waals surface area contributed by atoms with Gasteiger partial charge < -0.3 is 9.47 Å². The first-order valence-corrected chi connectivity index (χ1v) is 21.4. The van der Waals surface area contributed by atoms with Crippen molar-refractivity contribution in [3.05, 3.63) is 87.1 Å². The molecule has 248 valence electrons. The van der Waals surface area contributed by atoms with E-state index in [-0.39, 0.29) is 11.7 Å². The van der Waals surface area contributed by atoms with Gasteiger partial charge in [0.25, 0.3) is 0 Å².